The van der Waals surface area contributed by atoms with Gasteiger partial charge in [0.15, 0.2) is 11.5 Å². The topological polar surface area (TPSA) is 74.6 Å². The molecular formula is C20H23FN6O. The lowest BCUT2D eigenvalue weighted by Crippen LogP contribution is -2.49. The van der Waals surface area contributed by atoms with Gasteiger partial charge in [-0.15, -0.1) is 0 Å². The maximum atomic E-state index is 14.6. The van der Waals surface area contributed by atoms with Crippen molar-refractivity contribution in [2.45, 2.75) is 26.8 Å². The fourth-order valence-corrected chi connectivity index (χ4v) is 3.60. The van der Waals surface area contributed by atoms with Crippen LogP contribution in [0.25, 0.3) is 5.65 Å². The van der Waals surface area contributed by atoms with E-state index >= 15 is 0 Å². The number of hydrogen-bond donors (Lipinski definition) is 2. The number of rotatable bonds is 3. The summed E-state index contributed by atoms with van der Waals surface area (Å²) >= 11 is 0. The normalized spacial score (nSPS) is 17.1. The Kier molecular flexibility index (Phi) is 4.72. The highest BCUT2D eigenvalue weighted by molar-refractivity contribution is 6.04. The van der Waals surface area contributed by atoms with Crippen molar-refractivity contribution in [2.75, 3.05) is 29.9 Å². The van der Waals surface area contributed by atoms with Crippen molar-refractivity contribution in [3.63, 3.8) is 0 Å². The molecule has 0 aliphatic carbocycles. The van der Waals surface area contributed by atoms with E-state index in [0.29, 0.717) is 17.5 Å². The van der Waals surface area contributed by atoms with E-state index in [1.807, 2.05) is 20.0 Å². The number of aryl methyl sites for hydroxylation is 2. The van der Waals surface area contributed by atoms with Crippen LogP contribution in [0.2, 0.25) is 0 Å². The number of benzene rings is 1. The van der Waals surface area contributed by atoms with E-state index in [4.69, 9.17) is 0 Å². The molecule has 0 saturated carbocycles. The molecule has 1 aliphatic heterocycles. The number of fused-ring (bicyclic) bond motifs is 1. The van der Waals surface area contributed by atoms with Crippen LogP contribution < -0.4 is 15.5 Å². The third-order valence-electron chi connectivity index (χ3n) is 4.90. The highest BCUT2D eigenvalue weighted by Gasteiger charge is 2.19. The molecule has 1 fully saturated rings. The highest BCUT2D eigenvalue weighted by atomic mass is 19.1. The second-order valence-corrected chi connectivity index (χ2v) is 7.24. The first-order chi connectivity index (χ1) is 13.4. The molecule has 2 aromatic heterocycles. The molecule has 0 bridgehead atoms. The van der Waals surface area contributed by atoms with Gasteiger partial charge in [-0.1, -0.05) is 0 Å². The Balaban J connectivity index is 1.54. The first-order valence-corrected chi connectivity index (χ1v) is 9.33. The zero-order valence-corrected chi connectivity index (χ0v) is 16.2. The molecule has 0 spiro atoms. The summed E-state index contributed by atoms with van der Waals surface area (Å²) in [4.78, 5) is 23.4. The lowest BCUT2D eigenvalue weighted by Gasteiger charge is -2.33. The summed E-state index contributed by atoms with van der Waals surface area (Å²) in [5.74, 6) is -0.706. The van der Waals surface area contributed by atoms with Crippen LogP contribution >= 0.6 is 0 Å². The molecule has 1 amide bonds. The minimum Gasteiger partial charge on any atom is -0.369 e. The predicted octanol–water partition coefficient (Wildman–Crippen LogP) is 2.54. The number of imidazole rings is 1. The lowest BCUT2D eigenvalue weighted by molar-refractivity contribution is 0.102. The van der Waals surface area contributed by atoms with Crippen molar-refractivity contribution in [3.05, 3.63) is 53.4 Å². The Bertz CT molecular complexity index is 1050. The second kappa shape index (κ2) is 7.20. The molecule has 4 rings (SSSR count). The summed E-state index contributed by atoms with van der Waals surface area (Å²) in [5, 5.41) is 6.04. The van der Waals surface area contributed by atoms with Crippen LogP contribution in [0.15, 0.2) is 30.6 Å². The van der Waals surface area contributed by atoms with Gasteiger partial charge in [0.1, 0.15) is 5.82 Å². The fourth-order valence-electron chi connectivity index (χ4n) is 3.60. The van der Waals surface area contributed by atoms with Crippen molar-refractivity contribution in [1.29, 1.82) is 0 Å². The first kappa shape index (κ1) is 18.4. The van der Waals surface area contributed by atoms with Gasteiger partial charge >= 0.3 is 0 Å². The van der Waals surface area contributed by atoms with Crippen LogP contribution in [0.3, 0.4) is 0 Å². The molecular weight excluding hydrogens is 359 g/mol. The van der Waals surface area contributed by atoms with Crippen molar-refractivity contribution in [3.8, 4) is 0 Å². The SMILES string of the molecule is Cc1cn2cc(NC(=O)c3ccc(N4CCN[C@H](C)C4)cc3F)nc2c(C)n1. The van der Waals surface area contributed by atoms with Gasteiger partial charge in [-0.2, -0.15) is 0 Å². The van der Waals surface area contributed by atoms with Gasteiger partial charge in [0, 0.05) is 37.6 Å². The van der Waals surface area contributed by atoms with Gasteiger partial charge in [-0.3, -0.25) is 9.78 Å². The number of hydrogen-bond acceptors (Lipinski definition) is 5. The summed E-state index contributed by atoms with van der Waals surface area (Å²) in [6.07, 6.45) is 3.53. The minimum absolute atomic E-state index is 0.00461. The summed E-state index contributed by atoms with van der Waals surface area (Å²) in [7, 11) is 0. The van der Waals surface area contributed by atoms with Crippen LogP contribution in [-0.4, -0.2) is 46.0 Å². The van der Waals surface area contributed by atoms with E-state index in [9.17, 15) is 9.18 Å². The Labute approximate surface area is 162 Å². The van der Waals surface area contributed by atoms with Gasteiger partial charge in [0.05, 0.1) is 23.1 Å². The molecule has 1 saturated heterocycles. The lowest BCUT2D eigenvalue weighted by atomic mass is 10.1. The van der Waals surface area contributed by atoms with Crippen molar-refractivity contribution >= 4 is 23.1 Å². The van der Waals surface area contributed by atoms with E-state index in [1.165, 1.54) is 12.1 Å². The molecule has 1 aliphatic rings. The monoisotopic (exact) mass is 382 g/mol. The Morgan fingerprint density at radius 3 is 2.86 bits per heavy atom. The molecule has 0 unspecified atom stereocenters. The average molecular weight is 382 g/mol. The largest absolute Gasteiger partial charge is 0.369 e. The smallest absolute Gasteiger partial charge is 0.259 e. The van der Waals surface area contributed by atoms with Crippen molar-refractivity contribution < 1.29 is 9.18 Å². The zero-order valence-electron chi connectivity index (χ0n) is 16.2. The molecule has 0 radical (unpaired) electrons. The number of carbonyl (C=O) groups is 1. The van der Waals surface area contributed by atoms with Crippen molar-refractivity contribution in [2.24, 2.45) is 0 Å². The molecule has 1 atom stereocenters. The van der Waals surface area contributed by atoms with Gasteiger partial charge in [-0.25, -0.2) is 9.37 Å². The molecule has 3 heterocycles. The van der Waals surface area contributed by atoms with E-state index in [0.717, 1.165) is 36.7 Å². The summed E-state index contributed by atoms with van der Waals surface area (Å²) in [6, 6.07) is 5.08. The second-order valence-electron chi connectivity index (χ2n) is 7.24. The Morgan fingerprint density at radius 2 is 2.11 bits per heavy atom. The molecule has 2 N–H and O–H groups in total. The first-order valence-electron chi connectivity index (χ1n) is 9.33. The Hall–Kier alpha value is -3.00. The molecule has 28 heavy (non-hydrogen) atoms. The van der Waals surface area contributed by atoms with Gasteiger partial charge in [0.25, 0.3) is 5.91 Å². The van der Waals surface area contributed by atoms with Gasteiger partial charge in [0.2, 0.25) is 0 Å². The summed E-state index contributed by atoms with van der Waals surface area (Å²) < 4.78 is 16.4. The highest BCUT2D eigenvalue weighted by Crippen LogP contribution is 2.21. The van der Waals surface area contributed by atoms with Crippen LogP contribution in [0, 0.1) is 19.7 Å². The van der Waals surface area contributed by atoms with Crippen LogP contribution in [-0.2, 0) is 0 Å². The number of nitrogens with zero attached hydrogens (tertiary/aromatic N) is 4. The quantitative estimate of drug-likeness (QED) is 0.728. The third-order valence-corrected chi connectivity index (χ3v) is 4.90. The third kappa shape index (κ3) is 3.55. The Morgan fingerprint density at radius 1 is 1.29 bits per heavy atom. The number of halogens is 1. The van der Waals surface area contributed by atoms with E-state index in [1.54, 1.807) is 16.7 Å². The van der Waals surface area contributed by atoms with E-state index in [-0.39, 0.29) is 5.56 Å². The van der Waals surface area contributed by atoms with E-state index < -0.39 is 11.7 Å². The van der Waals surface area contributed by atoms with Crippen LogP contribution in [0.1, 0.15) is 28.7 Å². The number of amides is 1. The predicted molar refractivity (Wildman–Crippen MR) is 106 cm³/mol. The van der Waals surface area contributed by atoms with Gasteiger partial charge in [-0.05, 0) is 39.0 Å². The number of anilines is 2. The molecule has 7 nitrogen and oxygen atoms in total. The fraction of sp³-hybridized carbons (Fsp3) is 0.350. The number of carbonyl (C=O) groups excluding carboxylic acids is 1. The van der Waals surface area contributed by atoms with Crippen molar-refractivity contribution in [1.82, 2.24) is 19.7 Å². The standard InChI is InChI=1S/C20H23FN6O/c1-12-9-26(7-6-22-12)15-4-5-16(17(21)8-15)20(28)25-18-11-27-10-13(2)23-14(3)19(27)24-18/h4-5,8,10-12,22H,6-7,9H2,1-3H3,(H,25,28)/t12-/m1/s1. The molecule has 1 aromatic carbocycles. The van der Waals surface area contributed by atoms with E-state index in [2.05, 4.69) is 32.4 Å². The maximum Gasteiger partial charge on any atom is 0.259 e. The molecule has 146 valence electrons. The zero-order chi connectivity index (χ0) is 19.8. The molecule has 8 heteroatoms. The summed E-state index contributed by atoms with van der Waals surface area (Å²) in [6.45, 7) is 8.31. The average Bonchev–Trinajstić information content (AvgIpc) is 3.04. The number of nitrogens with one attached hydrogen (secondary N) is 2. The minimum atomic E-state index is -0.543. The summed E-state index contributed by atoms with van der Waals surface area (Å²) in [5.41, 5.74) is 3.05. The maximum absolute atomic E-state index is 14.6. The number of piperazine rings is 1. The van der Waals surface area contributed by atoms with Crippen LogP contribution in [0.4, 0.5) is 15.9 Å². The van der Waals surface area contributed by atoms with Crippen LogP contribution in [0.5, 0.6) is 0 Å². The number of aromatic nitrogens is 3. The van der Waals surface area contributed by atoms with Gasteiger partial charge < -0.3 is 19.9 Å². The molecule has 3 aromatic rings.